The molecule has 20 heavy (non-hydrogen) atoms. The van der Waals surface area contributed by atoms with Crippen molar-refractivity contribution in [3.63, 3.8) is 0 Å². The zero-order chi connectivity index (χ0) is 14.5. The number of carbonyl (C=O) groups is 1. The zero-order valence-corrected chi connectivity index (χ0v) is 10.3. The summed E-state index contributed by atoms with van der Waals surface area (Å²) in [5, 5.41) is 22.7. The number of phenolic OH excluding ortho intramolecular Hbond substituents is 1. The number of nitrogens with zero attached hydrogens (tertiary/aromatic N) is 2. The van der Waals surface area contributed by atoms with Crippen LogP contribution in [0.5, 0.6) is 5.75 Å². The summed E-state index contributed by atoms with van der Waals surface area (Å²) in [6.45, 7) is 0. The predicted octanol–water partition coefficient (Wildman–Crippen LogP) is 1.88. The fourth-order valence-corrected chi connectivity index (χ4v) is 1.62. The van der Waals surface area contributed by atoms with Crippen LogP contribution in [0.1, 0.15) is 5.56 Å². The topological polar surface area (TPSA) is 105 Å². The molecule has 2 rings (SSSR count). The smallest absolute Gasteiger partial charge is 0.271 e. The van der Waals surface area contributed by atoms with Crippen molar-refractivity contribution in [1.82, 2.24) is 4.98 Å². The van der Waals surface area contributed by atoms with E-state index in [1.807, 2.05) is 0 Å². The second kappa shape index (κ2) is 5.79. The number of carbonyl (C=O) groups excluding carboxylic acids is 1. The molecule has 102 valence electrons. The molecule has 0 atom stereocenters. The lowest BCUT2D eigenvalue weighted by Crippen LogP contribution is -2.14. The standard InChI is InChI=1S/C13H11N3O4/c17-12-2-1-10(16(19)20)8-11(12)15-13(18)7-9-3-5-14-6-4-9/h1-6,8,17H,7H2,(H,15,18). The Balaban J connectivity index is 2.11. The minimum atomic E-state index is -0.599. The molecule has 0 fully saturated rings. The molecule has 1 aromatic carbocycles. The summed E-state index contributed by atoms with van der Waals surface area (Å²) in [6.07, 6.45) is 3.21. The lowest BCUT2D eigenvalue weighted by atomic mass is 10.2. The highest BCUT2D eigenvalue weighted by Gasteiger charge is 2.12. The van der Waals surface area contributed by atoms with Gasteiger partial charge in [0.15, 0.2) is 0 Å². The molecule has 7 nitrogen and oxygen atoms in total. The highest BCUT2D eigenvalue weighted by Crippen LogP contribution is 2.27. The zero-order valence-electron chi connectivity index (χ0n) is 10.3. The van der Waals surface area contributed by atoms with Gasteiger partial charge in [-0.3, -0.25) is 19.9 Å². The third-order valence-corrected chi connectivity index (χ3v) is 2.58. The molecule has 1 heterocycles. The molecule has 1 aromatic heterocycles. The Bertz CT molecular complexity index is 643. The van der Waals surface area contributed by atoms with E-state index in [-0.39, 0.29) is 29.5 Å². The Kier molecular flexibility index (Phi) is 3.90. The highest BCUT2D eigenvalue weighted by atomic mass is 16.6. The molecule has 0 spiro atoms. The molecular weight excluding hydrogens is 262 g/mol. The van der Waals surface area contributed by atoms with Gasteiger partial charge < -0.3 is 10.4 Å². The van der Waals surface area contributed by atoms with Gasteiger partial charge >= 0.3 is 0 Å². The van der Waals surface area contributed by atoms with Crippen LogP contribution >= 0.6 is 0 Å². The van der Waals surface area contributed by atoms with Gasteiger partial charge in [0, 0.05) is 24.5 Å². The number of hydrogen-bond donors (Lipinski definition) is 2. The average molecular weight is 273 g/mol. The summed E-state index contributed by atoms with van der Waals surface area (Å²) < 4.78 is 0. The molecular formula is C13H11N3O4. The minimum absolute atomic E-state index is 0.0123. The Morgan fingerprint density at radius 3 is 2.65 bits per heavy atom. The van der Waals surface area contributed by atoms with Crippen LogP contribution in [0.25, 0.3) is 0 Å². The molecule has 0 saturated heterocycles. The number of aromatic nitrogens is 1. The monoisotopic (exact) mass is 273 g/mol. The summed E-state index contributed by atoms with van der Waals surface area (Å²) in [6, 6.07) is 6.81. The SMILES string of the molecule is O=C(Cc1ccncc1)Nc1cc([N+](=O)[O-])ccc1O. The maximum atomic E-state index is 11.8. The van der Waals surface area contributed by atoms with Crippen LogP contribution in [0.15, 0.2) is 42.7 Å². The normalized spacial score (nSPS) is 10.0. The maximum absolute atomic E-state index is 11.8. The number of pyridine rings is 1. The number of aromatic hydroxyl groups is 1. The van der Waals surface area contributed by atoms with E-state index in [4.69, 9.17) is 0 Å². The molecule has 2 N–H and O–H groups in total. The summed E-state index contributed by atoms with van der Waals surface area (Å²) in [7, 11) is 0. The Morgan fingerprint density at radius 1 is 1.30 bits per heavy atom. The van der Waals surface area contributed by atoms with E-state index in [0.717, 1.165) is 17.7 Å². The quantitative estimate of drug-likeness (QED) is 0.502. The van der Waals surface area contributed by atoms with E-state index >= 15 is 0 Å². The fourth-order valence-electron chi connectivity index (χ4n) is 1.62. The minimum Gasteiger partial charge on any atom is -0.506 e. The van der Waals surface area contributed by atoms with Gasteiger partial charge in [-0.05, 0) is 23.8 Å². The molecule has 7 heteroatoms. The first kappa shape index (κ1) is 13.5. The van der Waals surface area contributed by atoms with Gasteiger partial charge in [0.05, 0.1) is 17.0 Å². The van der Waals surface area contributed by atoms with Crippen molar-refractivity contribution in [2.45, 2.75) is 6.42 Å². The summed E-state index contributed by atoms with van der Waals surface area (Å²) in [5.41, 5.74) is 0.558. The largest absolute Gasteiger partial charge is 0.506 e. The van der Waals surface area contributed by atoms with Crippen LogP contribution in [0.4, 0.5) is 11.4 Å². The Labute approximate surface area is 114 Å². The lowest BCUT2D eigenvalue weighted by Gasteiger charge is -2.07. The van der Waals surface area contributed by atoms with E-state index < -0.39 is 4.92 Å². The van der Waals surface area contributed by atoms with Gasteiger partial charge in [-0.15, -0.1) is 0 Å². The van der Waals surface area contributed by atoms with Crippen LogP contribution in [0.3, 0.4) is 0 Å². The molecule has 0 unspecified atom stereocenters. The summed E-state index contributed by atoms with van der Waals surface area (Å²) >= 11 is 0. The second-order valence-electron chi connectivity index (χ2n) is 4.04. The van der Waals surface area contributed by atoms with Crippen molar-refractivity contribution < 1.29 is 14.8 Å². The van der Waals surface area contributed by atoms with Crippen molar-refractivity contribution in [3.8, 4) is 5.75 Å². The second-order valence-corrected chi connectivity index (χ2v) is 4.04. The van der Waals surface area contributed by atoms with E-state index in [1.165, 1.54) is 6.07 Å². The van der Waals surface area contributed by atoms with Gasteiger partial charge in [0.1, 0.15) is 5.75 Å². The number of phenols is 1. The van der Waals surface area contributed by atoms with Gasteiger partial charge in [0.2, 0.25) is 5.91 Å². The fraction of sp³-hybridized carbons (Fsp3) is 0.0769. The molecule has 0 radical (unpaired) electrons. The number of anilines is 1. The molecule has 0 aliphatic rings. The molecule has 1 amide bonds. The van der Waals surface area contributed by atoms with Crippen LogP contribution in [-0.2, 0) is 11.2 Å². The third kappa shape index (κ3) is 3.29. The van der Waals surface area contributed by atoms with Crippen molar-refractivity contribution in [1.29, 1.82) is 0 Å². The van der Waals surface area contributed by atoms with E-state index in [9.17, 15) is 20.0 Å². The maximum Gasteiger partial charge on any atom is 0.271 e. The van der Waals surface area contributed by atoms with E-state index in [0.29, 0.717) is 0 Å². The number of non-ortho nitro benzene ring substituents is 1. The van der Waals surface area contributed by atoms with Crippen LogP contribution in [-0.4, -0.2) is 20.9 Å². The number of nitro benzene ring substituents is 1. The number of benzene rings is 1. The predicted molar refractivity (Wildman–Crippen MR) is 71.3 cm³/mol. The van der Waals surface area contributed by atoms with Crippen LogP contribution in [0.2, 0.25) is 0 Å². The van der Waals surface area contributed by atoms with Crippen molar-refractivity contribution in [2.24, 2.45) is 0 Å². The highest BCUT2D eigenvalue weighted by molar-refractivity contribution is 5.94. The molecule has 0 saturated carbocycles. The molecule has 0 aliphatic carbocycles. The lowest BCUT2D eigenvalue weighted by molar-refractivity contribution is -0.384. The van der Waals surface area contributed by atoms with E-state index in [2.05, 4.69) is 10.3 Å². The van der Waals surface area contributed by atoms with Crippen LogP contribution < -0.4 is 5.32 Å². The molecule has 0 bridgehead atoms. The molecule has 0 aliphatic heterocycles. The summed E-state index contributed by atoms with van der Waals surface area (Å²) in [5.74, 6) is -0.606. The number of rotatable bonds is 4. The van der Waals surface area contributed by atoms with Gasteiger partial charge in [-0.1, -0.05) is 0 Å². The van der Waals surface area contributed by atoms with Gasteiger partial charge in [-0.2, -0.15) is 0 Å². The first-order valence-electron chi connectivity index (χ1n) is 5.72. The third-order valence-electron chi connectivity index (χ3n) is 2.58. The number of nitrogens with one attached hydrogen (secondary N) is 1. The Morgan fingerprint density at radius 2 is 2.00 bits per heavy atom. The first-order valence-corrected chi connectivity index (χ1v) is 5.72. The number of hydrogen-bond acceptors (Lipinski definition) is 5. The van der Waals surface area contributed by atoms with E-state index in [1.54, 1.807) is 24.5 Å². The van der Waals surface area contributed by atoms with Crippen molar-refractivity contribution in [3.05, 3.63) is 58.4 Å². The van der Waals surface area contributed by atoms with Crippen molar-refractivity contribution in [2.75, 3.05) is 5.32 Å². The molecule has 2 aromatic rings. The Hall–Kier alpha value is -2.96. The van der Waals surface area contributed by atoms with Crippen molar-refractivity contribution >= 4 is 17.3 Å². The van der Waals surface area contributed by atoms with Gasteiger partial charge in [0.25, 0.3) is 5.69 Å². The average Bonchev–Trinajstić information content (AvgIpc) is 2.42. The number of nitro groups is 1. The number of amides is 1. The first-order chi connectivity index (χ1) is 9.56. The van der Waals surface area contributed by atoms with Crippen LogP contribution in [0, 0.1) is 10.1 Å². The summed E-state index contributed by atoms with van der Waals surface area (Å²) in [4.78, 5) is 25.7. The van der Waals surface area contributed by atoms with Gasteiger partial charge in [-0.25, -0.2) is 0 Å².